The van der Waals surface area contributed by atoms with Crippen LogP contribution in [-0.4, -0.2) is 78.2 Å². The van der Waals surface area contributed by atoms with Crippen molar-refractivity contribution in [2.45, 2.75) is 38.1 Å². The lowest BCUT2D eigenvalue weighted by molar-refractivity contribution is -0.137. The van der Waals surface area contributed by atoms with Crippen LogP contribution in [0.4, 0.5) is 13.2 Å². The van der Waals surface area contributed by atoms with E-state index in [1.54, 1.807) is 37.0 Å². The molecular weight excluding hydrogens is 541 g/mol. The fraction of sp³-hybridized carbons (Fsp3) is 0.483. The van der Waals surface area contributed by atoms with E-state index in [1.165, 1.54) is 36.3 Å². The average Bonchev–Trinajstić information content (AvgIpc) is 3.71. The molecule has 2 aromatic heterocycles. The van der Waals surface area contributed by atoms with Gasteiger partial charge in [0.1, 0.15) is 4.88 Å². The van der Waals surface area contributed by atoms with Crippen LogP contribution in [0.15, 0.2) is 54.2 Å². The highest BCUT2D eigenvalue weighted by molar-refractivity contribution is 7.11. The molecule has 3 saturated heterocycles. The zero-order valence-electron chi connectivity index (χ0n) is 22.4. The molecule has 214 valence electrons. The van der Waals surface area contributed by atoms with E-state index < -0.39 is 11.7 Å². The Kier molecular flexibility index (Phi) is 8.84. The predicted octanol–water partition coefficient (Wildman–Crippen LogP) is 5.38. The number of methoxy groups -OCH3 is 1. The minimum atomic E-state index is -4.32. The van der Waals surface area contributed by atoms with E-state index in [0.29, 0.717) is 29.4 Å². The van der Waals surface area contributed by atoms with Gasteiger partial charge in [0.2, 0.25) is 0 Å². The summed E-state index contributed by atoms with van der Waals surface area (Å²) in [5.41, 5.74) is 3.42. The second kappa shape index (κ2) is 12.3. The van der Waals surface area contributed by atoms with Crippen molar-refractivity contribution in [3.8, 4) is 11.3 Å². The molecule has 6 rings (SSSR count). The summed E-state index contributed by atoms with van der Waals surface area (Å²) in [6.07, 6.45) is 1.37. The van der Waals surface area contributed by atoms with Crippen LogP contribution in [0.2, 0.25) is 0 Å². The maximum Gasteiger partial charge on any atom is 0.416 e. The molecule has 3 fully saturated rings. The SMILES string of the molecule is COCc1cccc(-c2ccc(C(F)(F)F)cc2)n1.O=C(c1cncs1)N1CCC2(CN(CC3CCCO3)C2)C1. The van der Waals surface area contributed by atoms with Crippen molar-refractivity contribution in [1.29, 1.82) is 0 Å². The number of carbonyl (C=O) groups is 1. The van der Waals surface area contributed by atoms with Gasteiger partial charge in [0.25, 0.3) is 5.91 Å². The molecule has 3 aliphatic heterocycles. The highest BCUT2D eigenvalue weighted by Crippen LogP contribution is 2.40. The maximum absolute atomic E-state index is 12.5. The van der Waals surface area contributed by atoms with Gasteiger partial charge in [-0.2, -0.15) is 13.2 Å². The van der Waals surface area contributed by atoms with Crippen LogP contribution in [0.25, 0.3) is 11.3 Å². The number of thiazole rings is 1. The molecule has 40 heavy (non-hydrogen) atoms. The Labute approximate surface area is 235 Å². The third-order valence-corrected chi connectivity index (χ3v) is 8.34. The third-order valence-electron chi connectivity index (χ3n) is 7.58. The van der Waals surface area contributed by atoms with Crippen LogP contribution >= 0.6 is 11.3 Å². The predicted molar refractivity (Wildman–Crippen MR) is 146 cm³/mol. The van der Waals surface area contributed by atoms with Gasteiger partial charge in [-0.25, -0.2) is 0 Å². The van der Waals surface area contributed by atoms with Gasteiger partial charge in [-0.15, -0.1) is 11.3 Å². The van der Waals surface area contributed by atoms with Gasteiger partial charge in [0, 0.05) is 57.4 Å². The van der Waals surface area contributed by atoms with Crippen molar-refractivity contribution in [3.05, 3.63) is 70.3 Å². The lowest BCUT2D eigenvalue weighted by atomic mass is 9.79. The van der Waals surface area contributed by atoms with Crippen molar-refractivity contribution >= 4 is 17.2 Å². The van der Waals surface area contributed by atoms with E-state index in [-0.39, 0.29) is 5.91 Å². The van der Waals surface area contributed by atoms with Crippen molar-refractivity contribution in [1.82, 2.24) is 19.8 Å². The number of hydrogen-bond donors (Lipinski definition) is 0. The molecule has 0 saturated carbocycles. The third kappa shape index (κ3) is 6.88. The molecule has 1 spiro atoms. The average molecular weight is 575 g/mol. The van der Waals surface area contributed by atoms with Crippen LogP contribution in [0.3, 0.4) is 0 Å². The number of halogens is 3. The van der Waals surface area contributed by atoms with Gasteiger partial charge in [0.05, 0.1) is 41.4 Å². The van der Waals surface area contributed by atoms with Crippen LogP contribution in [0, 0.1) is 5.41 Å². The molecule has 1 atom stereocenters. The van der Waals surface area contributed by atoms with Crippen LogP contribution in [-0.2, 0) is 22.3 Å². The normalized spacial score (nSPS) is 20.3. The van der Waals surface area contributed by atoms with Crippen LogP contribution < -0.4 is 0 Å². The van der Waals surface area contributed by atoms with E-state index in [1.807, 2.05) is 4.90 Å². The first-order valence-electron chi connectivity index (χ1n) is 13.4. The quantitative estimate of drug-likeness (QED) is 0.394. The van der Waals surface area contributed by atoms with E-state index in [9.17, 15) is 18.0 Å². The molecule has 5 heterocycles. The number of rotatable bonds is 6. The number of ether oxygens (including phenoxy) is 2. The number of pyridine rings is 1. The number of likely N-dealkylation sites (tertiary alicyclic amines) is 2. The minimum Gasteiger partial charge on any atom is -0.378 e. The van der Waals surface area contributed by atoms with Gasteiger partial charge in [-0.1, -0.05) is 18.2 Å². The van der Waals surface area contributed by atoms with E-state index in [0.717, 1.165) is 68.5 Å². The van der Waals surface area contributed by atoms with Crippen LogP contribution in [0.1, 0.15) is 40.2 Å². The lowest BCUT2D eigenvalue weighted by Crippen LogP contribution is -2.59. The highest BCUT2D eigenvalue weighted by Gasteiger charge is 2.49. The summed E-state index contributed by atoms with van der Waals surface area (Å²) in [6.45, 7) is 6.43. The molecule has 11 heteroatoms. The monoisotopic (exact) mass is 574 g/mol. The fourth-order valence-corrected chi connectivity index (χ4v) is 6.24. The van der Waals surface area contributed by atoms with Gasteiger partial charge in [-0.3, -0.25) is 19.7 Å². The summed E-state index contributed by atoms with van der Waals surface area (Å²) in [6, 6.07) is 10.3. The molecule has 0 radical (unpaired) electrons. The largest absolute Gasteiger partial charge is 0.416 e. The Hall–Kier alpha value is -2.86. The molecule has 3 aliphatic rings. The Balaban J connectivity index is 0.000000162. The number of nitrogens with zero attached hydrogens (tertiary/aromatic N) is 4. The molecule has 7 nitrogen and oxygen atoms in total. The van der Waals surface area contributed by atoms with Crippen molar-refractivity contribution < 1.29 is 27.4 Å². The Bertz CT molecular complexity index is 1260. The van der Waals surface area contributed by atoms with Gasteiger partial charge in [0.15, 0.2) is 0 Å². The van der Waals surface area contributed by atoms with E-state index in [4.69, 9.17) is 9.47 Å². The highest BCUT2D eigenvalue weighted by atomic mass is 32.1. The Morgan fingerprint density at radius 1 is 1.18 bits per heavy atom. The molecule has 1 unspecified atom stereocenters. The number of carbonyl (C=O) groups excluding carboxylic acids is 1. The standard InChI is InChI=1S/C15H21N3O2S.C14H12F3NO/c19-14(13-6-16-11-21-13)18-4-3-15(10-18)8-17(9-15)7-12-2-1-5-20-12;1-19-9-12-3-2-4-13(18-12)10-5-7-11(8-6-10)14(15,16)17/h6,11-12H,1-5,7-10H2;2-8H,9H2,1H3. The Morgan fingerprint density at radius 2 is 1.98 bits per heavy atom. The Morgan fingerprint density at radius 3 is 2.62 bits per heavy atom. The summed E-state index contributed by atoms with van der Waals surface area (Å²) in [5.74, 6) is 0.159. The first-order chi connectivity index (χ1) is 19.2. The second-order valence-electron chi connectivity index (χ2n) is 10.7. The topological polar surface area (TPSA) is 67.8 Å². The molecule has 1 amide bonds. The van der Waals surface area contributed by atoms with Crippen molar-refractivity contribution in [2.75, 3.05) is 46.4 Å². The molecule has 3 aromatic rings. The summed E-state index contributed by atoms with van der Waals surface area (Å²) >= 11 is 1.44. The lowest BCUT2D eigenvalue weighted by Gasteiger charge is -2.48. The number of amides is 1. The summed E-state index contributed by atoms with van der Waals surface area (Å²) < 4.78 is 48.0. The number of hydrogen-bond acceptors (Lipinski definition) is 7. The summed E-state index contributed by atoms with van der Waals surface area (Å²) in [4.78, 5) is 26.0. The fourth-order valence-electron chi connectivity index (χ4n) is 5.65. The molecule has 0 aliphatic carbocycles. The van der Waals surface area contributed by atoms with E-state index >= 15 is 0 Å². The molecule has 0 bridgehead atoms. The van der Waals surface area contributed by atoms with Crippen molar-refractivity contribution in [3.63, 3.8) is 0 Å². The molecular formula is C29H33F3N4O3S. The summed E-state index contributed by atoms with van der Waals surface area (Å²) in [5, 5.41) is 0. The number of alkyl halides is 3. The first-order valence-corrected chi connectivity index (χ1v) is 14.3. The van der Waals surface area contributed by atoms with Crippen LogP contribution in [0.5, 0.6) is 0 Å². The van der Waals surface area contributed by atoms with Gasteiger partial charge in [-0.05, 0) is 43.5 Å². The molecule has 0 N–H and O–H groups in total. The zero-order chi connectivity index (χ0) is 28.2. The maximum atomic E-state index is 12.5. The van der Waals surface area contributed by atoms with Crippen molar-refractivity contribution in [2.24, 2.45) is 5.41 Å². The zero-order valence-corrected chi connectivity index (χ0v) is 23.2. The summed E-state index contributed by atoms with van der Waals surface area (Å²) in [7, 11) is 1.56. The van der Waals surface area contributed by atoms with E-state index in [2.05, 4.69) is 14.9 Å². The minimum absolute atomic E-state index is 0.159. The smallest absolute Gasteiger partial charge is 0.378 e. The van der Waals surface area contributed by atoms with Gasteiger partial charge >= 0.3 is 6.18 Å². The molecule has 1 aromatic carbocycles. The number of aromatic nitrogens is 2. The first kappa shape index (κ1) is 28.7. The van der Waals surface area contributed by atoms with Gasteiger partial charge < -0.3 is 14.4 Å². The number of benzene rings is 1. The second-order valence-corrected chi connectivity index (χ2v) is 11.6.